The molecular formula is C20H18F2N2O4S. The molecule has 0 unspecified atom stereocenters. The van der Waals surface area contributed by atoms with E-state index >= 15 is 0 Å². The van der Waals surface area contributed by atoms with E-state index in [1.54, 1.807) is 0 Å². The molecule has 2 aromatic carbocycles. The Labute approximate surface area is 170 Å². The summed E-state index contributed by atoms with van der Waals surface area (Å²) in [7, 11) is 0. The number of carbonyl (C=O) groups is 1. The average molecular weight is 420 g/mol. The summed E-state index contributed by atoms with van der Waals surface area (Å²) in [5.41, 5.74) is 0.549. The van der Waals surface area contributed by atoms with Crippen LogP contribution in [-0.2, 0) is 14.3 Å². The highest BCUT2D eigenvalue weighted by molar-refractivity contribution is 7.96. The zero-order chi connectivity index (χ0) is 20.4. The summed E-state index contributed by atoms with van der Waals surface area (Å²) in [6, 6.07) is 10.5. The van der Waals surface area contributed by atoms with Gasteiger partial charge in [0.15, 0.2) is 23.0 Å². The fraction of sp³-hybridized carbons (Fsp3) is 0.300. The van der Waals surface area contributed by atoms with Crippen molar-refractivity contribution < 1.29 is 27.6 Å². The third-order valence-electron chi connectivity index (χ3n) is 4.71. The van der Waals surface area contributed by atoms with Gasteiger partial charge in [0.05, 0.1) is 24.6 Å². The Morgan fingerprint density at radius 1 is 1.21 bits per heavy atom. The number of anilines is 1. The highest BCUT2D eigenvalue weighted by Crippen LogP contribution is 2.36. The molecule has 3 aromatic rings. The van der Waals surface area contributed by atoms with Crippen molar-refractivity contribution in [2.75, 3.05) is 18.5 Å². The lowest BCUT2D eigenvalue weighted by Crippen LogP contribution is -2.12. The van der Waals surface area contributed by atoms with E-state index in [-0.39, 0.29) is 39.9 Å². The van der Waals surface area contributed by atoms with Crippen molar-refractivity contribution >= 4 is 34.5 Å². The third-order valence-corrected chi connectivity index (χ3v) is 4.93. The zero-order valence-corrected chi connectivity index (χ0v) is 16.1. The molecular weight excluding hydrogens is 402 g/mol. The Kier molecular flexibility index (Phi) is 5.79. The van der Waals surface area contributed by atoms with Crippen LogP contribution in [0, 0.1) is 11.6 Å². The molecule has 1 saturated heterocycles. The normalized spacial score (nSPS) is 15.7. The van der Waals surface area contributed by atoms with Crippen LogP contribution in [-0.4, -0.2) is 23.5 Å². The summed E-state index contributed by atoms with van der Waals surface area (Å²) in [6.07, 6.45) is -0.321. The number of halogens is 2. The van der Waals surface area contributed by atoms with Gasteiger partial charge in [-0.3, -0.25) is 4.79 Å². The molecule has 1 aromatic heterocycles. The minimum Gasteiger partial charge on any atom is -0.360 e. The van der Waals surface area contributed by atoms with Gasteiger partial charge in [0.25, 0.3) is 0 Å². The van der Waals surface area contributed by atoms with Gasteiger partial charge in [-0.1, -0.05) is 35.5 Å². The smallest absolute Gasteiger partial charge is 0.207 e. The summed E-state index contributed by atoms with van der Waals surface area (Å²) in [4.78, 5) is 11.4. The molecule has 0 amide bonds. The molecule has 1 aliphatic heterocycles. The van der Waals surface area contributed by atoms with Gasteiger partial charge >= 0.3 is 0 Å². The predicted octanol–water partition coefficient (Wildman–Crippen LogP) is 4.54. The number of carbonyl (C=O) groups excluding carboxylic acids is 1. The van der Waals surface area contributed by atoms with Gasteiger partial charge in [0.2, 0.25) is 11.4 Å². The van der Waals surface area contributed by atoms with Crippen LogP contribution in [0.15, 0.2) is 40.9 Å². The summed E-state index contributed by atoms with van der Waals surface area (Å²) in [5, 5.41) is 7.07. The van der Waals surface area contributed by atoms with Crippen molar-refractivity contribution in [1.29, 1.82) is 0 Å². The standard InChI is InChI=1S/C20H18F2N2O4S/c21-16-12(20-26-8-9-27-20)10-13-18(17(16)22)28-24-19(13)23-14(6-7-15(25)29)11-4-2-1-3-5-11/h1-5,10,14,20H,6-9H2,(H,23,24)(H,25,29)/t14-/m0/s1. The highest BCUT2D eigenvalue weighted by Gasteiger charge is 2.28. The number of aromatic nitrogens is 1. The van der Waals surface area contributed by atoms with Gasteiger partial charge in [-0.05, 0) is 18.1 Å². The topological polar surface area (TPSA) is 73.6 Å². The first-order chi connectivity index (χ1) is 14.0. The molecule has 1 N–H and O–H groups in total. The monoisotopic (exact) mass is 420 g/mol. The molecule has 0 aliphatic carbocycles. The number of benzene rings is 2. The predicted molar refractivity (Wildman–Crippen MR) is 105 cm³/mol. The molecule has 152 valence electrons. The quantitative estimate of drug-likeness (QED) is 0.547. The molecule has 9 heteroatoms. The summed E-state index contributed by atoms with van der Waals surface area (Å²) < 4.78 is 44.6. The molecule has 0 radical (unpaired) electrons. The first-order valence-electron chi connectivity index (χ1n) is 9.08. The van der Waals surface area contributed by atoms with E-state index in [1.807, 2.05) is 30.3 Å². The first-order valence-corrected chi connectivity index (χ1v) is 9.53. The van der Waals surface area contributed by atoms with E-state index in [0.29, 0.717) is 19.6 Å². The van der Waals surface area contributed by atoms with Crippen molar-refractivity contribution in [3.63, 3.8) is 0 Å². The van der Waals surface area contributed by atoms with Crippen LogP contribution in [0.25, 0.3) is 11.0 Å². The number of thiol groups is 1. The number of nitrogens with zero attached hydrogens (tertiary/aromatic N) is 1. The summed E-state index contributed by atoms with van der Waals surface area (Å²) in [6.45, 7) is 0.596. The summed E-state index contributed by atoms with van der Waals surface area (Å²) in [5.74, 6) is -2.01. The fourth-order valence-electron chi connectivity index (χ4n) is 3.29. The van der Waals surface area contributed by atoms with Gasteiger partial charge in [-0.25, -0.2) is 4.39 Å². The van der Waals surface area contributed by atoms with Crippen molar-refractivity contribution in [2.45, 2.75) is 25.2 Å². The SMILES string of the molecule is O=C(S)CC[C@H](Nc1noc2c(F)c(F)c(C3OCCO3)cc12)c1ccccc1. The molecule has 1 fully saturated rings. The van der Waals surface area contributed by atoms with E-state index in [2.05, 4.69) is 23.1 Å². The lowest BCUT2D eigenvalue weighted by Gasteiger charge is -2.18. The number of rotatable bonds is 7. The second kappa shape index (κ2) is 8.48. The van der Waals surface area contributed by atoms with Gasteiger partial charge in [-0.15, -0.1) is 12.6 Å². The Morgan fingerprint density at radius 2 is 1.93 bits per heavy atom. The highest BCUT2D eigenvalue weighted by atomic mass is 32.1. The van der Waals surface area contributed by atoms with Crippen molar-refractivity contribution in [2.24, 2.45) is 0 Å². The van der Waals surface area contributed by atoms with E-state index in [0.717, 1.165) is 5.56 Å². The van der Waals surface area contributed by atoms with Crippen LogP contribution in [0.3, 0.4) is 0 Å². The van der Waals surface area contributed by atoms with Crippen LogP contribution in [0.4, 0.5) is 14.6 Å². The lowest BCUT2D eigenvalue weighted by atomic mass is 10.0. The number of hydrogen-bond donors (Lipinski definition) is 2. The van der Waals surface area contributed by atoms with Gasteiger partial charge in [0, 0.05) is 12.0 Å². The maximum atomic E-state index is 14.5. The lowest BCUT2D eigenvalue weighted by molar-refractivity contribution is -0.110. The summed E-state index contributed by atoms with van der Waals surface area (Å²) >= 11 is 3.83. The molecule has 29 heavy (non-hydrogen) atoms. The van der Waals surface area contributed by atoms with E-state index in [1.165, 1.54) is 6.07 Å². The van der Waals surface area contributed by atoms with E-state index in [4.69, 9.17) is 14.0 Å². The van der Waals surface area contributed by atoms with Crippen LogP contribution < -0.4 is 5.32 Å². The maximum Gasteiger partial charge on any atom is 0.207 e. The minimum absolute atomic E-state index is 0.0550. The average Bonchev–Trinajstić information content (AvgIpc) is 3.38. The van der Waals surface area contributed by atoms with Crippen LogP contribution in [0.5, 0.6) is 0 Å². The third kappa shape index (κ3) is 4.12. The Morgan fingerprint density at radius 3 is 2.62 bits per heavy atom. The number of ether oxygens (including phenoxy) is 2. The van der Waals surface area contributed by atoms with Crippen molar-refractivity contribution in [3.05, 3.63) is 59.2 Å². The molecule has 2 heterocycles. The number of hydrogen-bond acceptors (Lipinski definition) is 6. The first kappa shape index (κ1) is 19.8. The molecule has 0 saturated carbocycles. The van der Waals surface area contributed by atoms with E-state index < -0.39 is 17.9 Å². The number of fused-ring (bicyclic) bond motifs is 1. The van der Waals surface area contributed by atoms with Crippen LogP contribution >= 0.6 is 12.6 Å². The Hall–Kier alpha value is -2.49. The largest absolute Gasteiger partial charge is 0.360 e. The Bertz CT molecular complexity index is 1020. The number of nitrogens with one attached hydrogen (secondary N) is 1. The van der Waals surface area contributed by atoms with Crippen molar-refractivity contribution in [3.8, 4) is 0 Å². The molecule has 1 aliphatic rings. The Balaban J connectivity index is 1.71. The van der Waals surface area contributed by atoms with Gasteiger partial charge < -0.3 is 19.3 Å². The molecule has 6 nitrogen and oxygen atoms in total. The second-order valence-electron chi connectivity index (χ2n) is 6.62. The molecule has 0 bridgehead atoms. The van der Waals surface area contributed by atoms with Gasteiger partial charge in [-0.2, -0.15) is 4.39 Å². The fourth-order valence-corrected chi connectivity index (χ4v) is 3.42. The van der Waals surface area contributed by atoms with Gasteiger partial charge in [0.1, 0.15) is 0 Å². The van der Waals surface area contributed by atoms with Crippen molar-refractivity contribution in [1.82, 2.24) is 5.16 Å². The second-order valence-corrected chi connectivity index (χ2v) is 7.11. The molecule has 1 atom stereocenters. The van der Waals surface area contributed by atoms with E-state index in [9.17, 15) is 13.6 Å². The minimum atomic E-state index is -1.15. The van der Waals surface area contributed by atoms with Crippen LogP contribution in [0.2, 0.25) is 0 Å². The molecule has 4 rings (SSSR count). The molecule has 0 spiro atoms. The zero-order valence-electron chi connectivity index (χ0n) is 15.2. The van der Waals surface area contributed by atoms with Crippen LogP contribution in [0.1, 0.15) is 36.3 Å². The maximum absolute atomic E-state index is 14.5.